The lowest BCUT2D eigenvalue weighted by atomic mass is 10.1. The number of carbonyl (C=O) groups is 1. The van der Waals surface area contributed by atoms with Crippen molar-refractivity contribution in [3.63, 3.8) is 0 Å². The number of nitrogens with zero attached hydrogens (tertiary/aromatic N) is 1. The maximum Gasteiger partial charge on any atom is 0.154 e. The molecule has 0 N–H and O–H groups in total. The highest BCUT2D eigenvalue weighted by atomic mass is 16.1. The summed E-state index contributed by atoms with van der Waals surface area (Å²) < 4.78 is 0. The largest absolute Gasteiger partial charge is 0.379 e. The van der Waals surface area contributed by atoms with Crippen molar-refractivity contribution < 1.29 is 4.79 Å². The lowest BCUT2D eigenvalue weighted by Crippen LogP contribution is -2.20. The van der Waals surface area contributed by atoms with Gasteiger partial charge in [-0.1, -0.05) is 19.1 Å². The maximum absolute atomic E-state index is 10.7. The van der Waals surface area contributed by atoms with E-state index in [1.54, 1.807) is 13.0 Å². The molecule has 0 saturated heterocycles. The van der Waals surface area contributed by atoms with E-state index in [2.05, 4.69) is 13.5 Å². The van der Waals surface area contributed by atoms with Crippen LogP contribution in [-0.2, 0) is 4.79 Å². The third-order valence-electron chi connectivity index (χ3n) is 2.49. The Labute approximate surface area is 79.9 Å². The molecule has 1 aliphatic carbocycles. The van der Waals surface area contributed by atoms with E-state index in [0.29, 0.717) is 0 Å². The van der Waals surface area contributed by atoms with E-state index in [-0.39, 0.29) is 11.2 Å². The van der Waals surface area contributed by atoms with Crippen molar-refractivity contribution in [3.05, 3.63) is 24.4 Å². The Morgan fingerprint density at radius 1 is 1.77 bits per heavy atom. The molecule has 1 atom stereocenters. The zero-order valence-electron chi connectivity index (χ0n) is 8.63. The van der Waals surface area contributed by atoms with Crippen LogP contribution >= 0.6 is 0 Å². The van der Waals surface area contributed by atoms with Crippen LogP contribution in [0.4, 0.5) is 0 Å². The van der Waals surface area contributed by atoms with E-state index in [4.69, 9.17) is 0 Å². The summed E-state index contributed by atoms with van der Waals surface area (Å²) >= 11 is 0. The molecule has 1 saturated carbocycles. The van der Waals surface area contributed by atoms with Gasteiger partial charge in [0.2, 0.25) is 0 Å². The molecule has 0 heterocycles. The summed E-state index contributed by atoms with van der Waals surface area (Å²) in [5.74, 6) is 0.0895. The second-order valence-corrected chi connectivity index (χ2v) is 4.18. The standard InChI is InChI=1S/C11H17NO/c1-9-7-11(9,3)8-12(4)6-5-10(2)13/h5-6H,1,7-8H2,2-4H3/b6-5+. The highest BCUT2D eigenvalue weighted by Gasteiger charge is 2.42. The third-order valence-corrected chi connectivity index (χ3v) is 2.49. The van der Waals surface area contributed by atoms with Crippen LogP contribution in [0.2, 0.25) is 0 Å². The highest BCUT2D eigenvalue weighted by molar-refractivity contribution is 5.87. The van der Waals surface area contributed by atoms with Gasteiger partial charge in [0, 0.05) is 25.2 Å². The fraction of sp³-hybridized carbons (Fsp3) is 0.545. The fourth-order valence-electron chi connectivity index (χ4n) is 1.43. The summed E-state index contributed by atoms with van der Waals surface area (Å²) in [6, 6.07) is 0. The molecule has 13 heavy (non-hydrogen) atoms. The molecule has 0 bridgehead atoms. The molecule has 2 heteroatoms. The van der Waals surface area contributed by atoms with Gasteiger partial charge in [0.1, 0.15) is 0 Å². The van der Waals surface area contributed by atoms with Gasteiger partial charge < -0.3 is 4.90 Å². The minimum absolute atomic E-state index is 0.0895. The number of allylic oxidation sites excluding steroid dienone is 1. The van der Waals surface area contributed by atoms with Gasteiger partial charge in [0.05, 0.1) is 0 Å². The van der Waals surface area contributed by atoms with E-state index in [9.17, 15) is 4.79 Å². The van der Waals surface area contributed by atoms with Crippen molar-refractivity contribution in [2.45, 2.75) is 20.3 Å². The number of hydrogen-bond acceptors (Lipinski definition) is 2. The van der Waals surface area contributed by atoms with Crippen LogP contribution in [0.15, 0.2) is 24.4 Å². The quantitative estimate of drug-likeness (QED) is 0.486. The molecule has 0 aromatic heterocycles. The Kier molecular flexibility index (Phi) is 2.60. The van der Waals surface area contributed by atoms with Gasteiger partial charge >= 0.3 is 0 Å². The van der Waals surface area contributed by atoms with Gasteiger partial charge in [0.25, 0.3) is 0 Å². The highest BCUT2D eigenvalue weighted by Crippen LogP contribution is 2.50. The fourth-order valence-corrected chi connectivity index (χ4v) is 1.43. The van der Waals surface area contributed by atoms with Crippen LogP contribution < -0.4 is 0 Å². The SMILES string of the molecule is C=C1CC1(C)CN(C)/C=C/C(C)=O. The average Bonchev–Trinajstić information content (AvgIpc) is 2.55. The van der Waals surface area contributed by atoms with Crippen LogP contribution in [0.3, 0.4) is 0 Å². The summed E-state index contributed by atoms with van der Waals surface area (Å²) in [4.78, 5) is 12.7. The minimum Gasteiger partial charge on any atom is -0.379 e. The van der Waals surface area contributed by atoms with Crippen molar-refractivity contribution in [2.24, 2.45) is 5.41 Å². The molecule has 1 fully saturated rings. The second-order valence-electron chi connectivity index (χ2n) is 4.18. The topological polar surface area (TPSA) is 20.3 Å². The summed E-state index contributed by atoms with van der Waals surface area (Å²) in [6.07, 6.45) is 4.54. The van der Waals surface area contributed by atoms with E-state index < -0.39 is 0 Å². The first-order valence-corrected chi connectivity index (χ1v) is 4.51. The number of ketones is 1. The first-order valence-electron chi connectivity index (χ1n) is 4.51. The molecule has 72 valence electrons. The van der Waals surface area contributed by atoms with Gasteiger partial charge in [0.15, 0.2) is 5.78 Å². The van der Waals surface area contributed by atoms with Crippen molar-refractivity contribution in [2.75, 3.05) is 13.6 Å². The molecule has 0 aromatic carbocycles. The first-order chi connectivity index (χ1) is 5.94. The Morgan fingerprint density at radius 2 is 2.31 bits per heavy atom. The minimum atomic E-state index is 0.0895. The Bertz CT molecular complexity index is 267. The predicted molar refractivity (Wildman–Crippen MR) is 54.3 cm³/mol. The van der Waals surface area contributed by atoms with Crippen molar-refractivity contribution >= 4 is 5.78 Å². The molecule has 0 radical (unpaired) electrons. The van der Waals surface area contributed by atoms with Crippen molar-refractivity contribution in [3.8, 4) is 0 Å². The monoisotopic (exact) mass is 179 g/mol. The first kappa shape index (κ1) is 10.0. The van der Waals surface area contributed by atoms with Crippen LogP contribution in [0.1, 0.15) is 20.3 Å². The van der Waals surface area contributed by atoms with Crippen LogP contribution in [-0.4, -0.2) is 24.3 Å². The van der Waals surface area contributed by atoms with Gasteiger partial charge in [-0.25, -0.2) is 0 Å². The average molecular weight is 179 g/mol. The molecule has 0 spiro atoms. The predicted octanol–water partition coefficient (Wildman–Crippen LogP) is 1.99. The zero-order chi connectivity index (χ0) is 10.1. The summed E-state index contributed by atoms with van der Waals surface area (Å²) in [5.41, 5.74) is 1.60. The van der Waals surface area contributed by atoms with E-state index >= 15 is 0 Å². The Balaban J connectivity index is 2.38. The number of rotatable bonds is 4. The molecule has 0 aromatic rings. The molecule has 1 rings (SSSR count). The Morgan fingerprint density at radius 3 is 2.69 bits per heavy atom. The normalized spacial score (nSPS) is 26.5. The van der Waals surface area contributed by atoms with Crippen molar-refractivity contribution in [1.82, 2.24) is 4.90 Å². The molecule has 1 aliphatic rings. The lowest BCUT2D eigenvalue weighted by molar-refractivity contribution is -0.112. The molecular formula is C11H17NO. The molecule has 0 aliphatic heterocycles. The molecular weight excluding hydrogens is 162 g/mol. The van der Waals surface area contributed by atoms with Gasteiger partial charge in [-0.05, 0) is 19.4 Å². The van der Waals surface area contributed by atoms with Crippen LogP contribution in [0.5, 0.6) is 0 Å². The van der Waals surface area contributed by atoms with Gasteiger partial charge in [-0.15, -0.1) is 0 Å². The van der Waals surface area contributed by atoms with E-state index in [1.165, 1.54) is 5.57 Å². The van der Waals surface area contributed by atoms with Gasteiger partial charge in [-0.2, -0.15) is 0 Å². The van der Waals surface area contributed by atoms with E-state index in [0.717, 1.165) is 13.0 Å². The maximum atomic E-state index is 10.7. The van der Waals surface area contributed by atoms with Crippen LogP contribution in [0.25, 0.3) is 0 Å². The van der Waals surface area contributed by atoms with E-state index in [1.807, 2.05) is 18.1 Å². The van der Waals surface area contributed by atoms with Gasteiger partial charge in [-0.3, -0.25) is 4.79 Å². The zero-order valence-corrected chi connectivity index (χ0v) is 8.63. The smallest absolute Gasteiger partial charge is 0.154 e. The Hall–Kier alpha value is -1.05. The molecule has 0 amide bonds. The molecule has 1 unspecified atom stereocenters. The third kappa shape index (κ3) is 2.72. The lowest BCUT2D eigenvalue weighted by Gasteiger charge is -2.18. The summed E-state index contributed by atoms with van der Waals surface area (Å²) in [5, 5.41) is 0. The summed E-state index contributed by atoms with van der Waals surface area (Å²) in [6.45, 7) is 8.66. The number of carbonyl (C=O) groups excluding carboxylic acids is 1. The van der Waals surface area contributed by atoms with Crippen LogP contribution in [0, 0.1) is 5.41 Å². The number of hydrogen-bond donors (Lipinski definition) is 0. The summed E-state index contributed by atoms with van der Waals surface area (Å²) in [7, 11) is 1.98. The molecule has 2 nitrogen and oxygen atoms in total. The second kappa shape index (κ2) is 3.36. The van der Waals surface area contributed by atoms with Crippen molar-refractivity contribution in [1.29, 1.82) is 0 Å².